The van der Waals surface area contributed by atoms with Gasteiger partial charge in [-0.1, -0.05) is 38.1 Å². The van der Waals surface area contributed by atoms with Gasteiger partial charge in [-0.25, -0.2) is 0 Å². The third-order valence-corrected chi connectivity index (χ3v) is 4.10. The molecular formula is C19H31IN6. The molecule has 0 aliphatic carbocycles. The van der Waals surface area contributed by atoms with Crippen LogP contribution in [0.2, 0.25) is 0 Å². The topological polar surface area (TPSA) is 67.1 Å². The molecule has 2 rings (SSSR count). The molecule has 2 aromatic rings. The molecule has 144 valence electrons. The molecular weight excluding hydrogens is 439 g/mol. The van der Waals surface area contributed by atoms with Gasteiger partial charge in [0, 0.05) is 32.6 Å². The van der Waals surface area contributed by atoms with Crippen LogP contribution in [0.3, 0.4) is 0 Å². The second-order valence-electron chi connectivity index (χ2n) is 5.90. The molecule has 0 aliphatic rings. The second-order valence-corrected chi connectivity index (χ2v) is 5.90. The Bertz CT molecular complexity index is 650. The summed E-state index contributed by atoms with van der Waals surface area (Å²) in [6, 6.07) is 8.81. The van der Waals surface area contributed by atoms with Crippen molar-refractivity contribution in [2.24, 2.45) is 4.99 Å². The van der Waals surface area contributed by atoms with Gasteiger partial charge in [-0.05, 0) is 30.9 Å². The maximum absolute atomic E-state index is 4.67. The van der Waals surface area contributed by atoms with Gasteiger partial charge in [-0.3, -0.25) is 4.99 Å². The van der Waals surface area contributed by atoms with Crippen LogP contribution in [-0.2, 0) is 25.8 Å². The number of hydrogen-bond donors (Lipinski definition) is 2. The van der Waals surface area contributed by atoms with Gasteiger partial charge < -0.3 is 15.2 Å². The van der Waals surface area contributed by atoms with Gasteiger partial charge in [-0.15, -0.1) is 34.2 Å². The Labute approximate surface area is 173 Å². The number of nitrogens with zero attached hydrogens (tertiary/aromatic N) is 4. The molecule has 1 aromatic carbocycles. The van der Waals surface area contributed by atoms with Crippen LogP contribution in [0.5, 0.6) is 0 Å². The fraction of sp³-hybridized carbons (Fsp3) is 0.526. The molecule has 0 saturated carbocycles. The van der Waals surface area contributed by atoms with Gasteiger partial charge in [0.15, 0.2) is 5.96 Å². The van der Waals surface area contributed by atoms with Crippen molar-refractivity contribution in [3.05, 3.63) is 47.5 Å². The van der Waals surface area contributed by atoms with Crippen LogP contribution in [0, 0.1) is 0 Å². The molecule has 6 nitrogen and oxygen atoms in total. The number of rotatable bonds is 9. The first-order chi connectivity index (χ1) is 12.3. The van der Waals surface area contributed by atoms with Crippen LogP contribution in [0.15, 0.2) is 35.6 Å². The zero-order chi connectivity index (χ0) is 17.9. The summed E-state index contributed by atoms with van der Waals surface area (Å²) in [5.74, 6) is 1.87. The van der Waals surface area contributed by atoms with E-state index >= 15 is 0 Å². The maximum atomic E-state index is 4.67. The lowest BCUT2D eigenvalue weighted by Crippen LogP contribution is -2.39. The fourth-order valence-electron chi connectivity index (χ4n) is 2.61. The largest absolute Gasteiger partial charge is 0.357 e. The summed E-state index contributed by atoms with van der Waals surface area (Å²) in [5.41, 5.74) is 2.71. The van der Waals surface area contributed by atoms with Crippen LogP contribution in [0.1, 0.15) is 37.7 Å². The highest BCUT2D eigenvalue weighted by Gasteiger charge is 2.02. The third-order valence-electron chi connectivity index (χ3n) is 4.10. The molecule has 0 saturated heterocycles. The standard InChI is InChI=1S/C19H30N6.HI/c1-4-16-7-9-17(10-8-16)11-12-21-19(20-6-3)22-13-14-25-15-23-24-18(25)5-2;/h7-10,15H,4-6,11-14H2,1-3H3,(H2,20,21,22);1H. The van der Waals surface area contributed by atoms with Gasteiger partial charge in [0.1, 0.15) is 12.2 Å². The van der Waals surface area contributed by atoms with E-state index < -0.39 is 0 Å². The zero-order valence-corrected chi connectivity index (χ0v) is 18.4. The Hall–Kier alpha value is -1.64. The number of hydrogen-bond acceptors (Lipinski definition) is 3. The van der Waals surface area contributed by atoms with Crippen LogP contribution in [0.4, 0.5) is 0 Å². The molecule has 0 atom stereocenters. The summed E-state index contributed by atoms with van der Waals surface area (Å²) >= 11 is 0. The molecule has 26 heavy (non-hydrogen) atoms. The second kappa shape index (κ2) is 12.7. The molecule has 0 radical (unpaired) electrons. The summed E-state index contributed by atoms with van der Waals surface area (Å²) in [4.78, 5) is 4.67. The Morgan fingerprint density at radius 1 is 1.04 bits per heavy atom. The van der Waals surface area contributed by atoms with E-state index in [9.17, 15) is 0 Å². The van der Waals surface area contributed by atoms with E-state index in [1.165, 1.54) is 11.1 Å². The first-order valence-corrected chi connectivity index (χ1v) is 9.23. The average Bonchev–Trinajstić information content (AvgIpc) is 3.10. The van der Waals surface area contributed by atoms with E-state index in [-0.39, 0.29) is 24.0 Å². The molecule has 0 bridgehead atoms. The first-order valence-electron chi connectivity index (χ1n) is 9.23. The molecule has 0 amide bonds. The normalized spacial score (nSPS) is 11.1. The van der Waals surface area contributed by atoms with Crippen molar-refractivity contribution in [3.8, 4) is 0 Å². The van der Waals surface area contributed by atoms with Gasteiger partial charge in [0.05, 0.1) is 0 Å². The summed E-state index contributed by atoms with van der Waals surface area (Å²) in [6.07, 6.45) is 4.71. The highest BCUT2D eigenvalue weighted by Crippen LogP contribution is 2.05. The minimum atomic E-state index is 0. The van der Waals surface area contributed by atoms with Crippen molar-refractivity contribution in [3.63, 3.8) is 0 Å². The average molecular weight is 470 g/mol. The Morgan fingerprint density at radius 3 is 2.42 bits per heavy atom. The Morgan fingerprint density at radius 2 is 1.77 bits per heavy atom. The fourth-order valence-corrected chi connectivity index (χ4v) is 2.61. The van der Waals surface area contributed by atoms with Crippen LogP contribution in [0.25, 0.3) is 0 Å². The lowest BCUT2D eigenvalue weighted by Gasteiger charge is -2.12. The van der Waals surface area contributed by atoms with Crippen LogP contribution < -0.4 is 10.6 Å². The Balaban J connectivity index is 0.00000338. The highest BCUT2D eigenvalue weighted by atomic mass is 127. The molecule has 1 heterocycles. The smallest absolute Gasteiger partial charge is 0.191 e. The van der Waals surface area contributed by atoms with Crippen molar-refractivity contribution in [2.45, 2.75) is 46.6 Å². The van der Waals surface area contributed by atoms with Crippen LogP contribution >= 0.6 is 24.0 Å². The molecule has 2 N–H and O–H groups in total. The number of benzene rings is 1. The zero-order valence-electron chi connectivity index (χ0n) is 16.0. The van der Waals surface area contributed by atoms with E-state index in [0.29, 0.717) is 0 Å². The number of nitrogens with one attached hydrogen (secondary N) is 2. The van der Waals surface area contributed by atoms with Crippen molar-refractivity contribution >= 4 is 29.9 Å². The van der Waals surface area contributed by atoms with Crippen LogP contribution in [-0.4, -0.2) is 40.4 Å². The number of guanidine groups is 1. The van der Waals surface area contributed by atoms with Crippen molar-refractivity contribution in [2.75, 3.05) is 19.6 Å². The number of halogens is 1. The molecule has 7 heteroatoms. The third kappa shape index (κ3) is 7.31. The molecule has 0 spiro atoms. The van der Waals surface area contributed by atoms with Gasteiger partial charge in [0.2, 0.25) is 0 Å². The molecule has 0 fully saturated rings. The number of aromatic nitrogens is 3. The maximum Gasteiger partial charge on any atom is 0.191 e. The lowest BCUT2D eigenvalue weighted by molar-refractivity contribution is 0.632. The van der Waals surface area contributed by atoms with E-state index in [4.69, 9.17) is 0 Å². The van der Waals surface area contributed by atoms with Crippen molar-refractivity contribution in [1.29, 1.82) is 0 Å². The lowest BCUT2D eigenvalue weighted by atomic mass is 10.1. The minimum Gasteiger partial charge on any atom is -0.357 e. The summed E-state index contributed by atoms with van der Waals surface area (Å²) in [6.45, 7) is 9.60. The van der Waals surface area contributed by atoms with Gasteiger partial charge in [0.25, 0.3) is 0 Å². The quantitative estimate of drug-likeness (QED) is 0.336. The van der Waals surface area contributed by atoms with E-state index in [0.717, 1.165) is 57.2 Å². The summed E-state index contributed by atoms with van der Waals surface area (Å²) in [7, 11) is 0. The van der Waals surface area contributed by atoms with Crippen molar-refractivity contribution < 1.29 is 0 Å². The number of aliphatic imine (C=N–C) groups is 1. The van der Waals surface area contributed by atoms with E-state index in [1.54, 1.807) is 6.33 Å². The predicted octanol–water partition coefficient (Wildman–Crippen LogP) is 2.82. The highest BCUT2D eigenvalue weighted by molar-refractivity contribution is 14.0. The minimum absolute atomic E-state index is 0. The number of aryl methyl sites for hydroxylation is 2. The summed E-state index contributed by atoms with van der Waals surface area (Å²) < 4.78 is 2.08. The first kappa shape index (κ1) is 22.4. The molecule has 0 unspecified atom stereocenters. The van der Waals surface area contributed by atoms with Gasteiger partial charge in [-0.2, -0.15) is 0 Å². The molecule has 1 aromatic heterocycles. The predicted molar refractivity (Wildman–Crippen MR) is 118 cm³/mol. The SMILES string of the molecule is CCNC(=NCCc1ccc(CC)cc1)NCCn1cnnc1CC.I. The van der Waals surface area contributed by atoms with Gasteiger partial charge >= 0.3 is 0 Å². The summed E-state index contributed by atoms with van der Waals surface area (Å²) in [5, 5.41) is 14.7. The van der Waals surface area contributed by atoms with E-state index in [1.807, 2.05) is 0 Å². The monoisotopic (exact) mass is 470 g/mol. The van der Waals surface area contributed by atoms with E-state index in [2.05, 4.69) is 75.4 Å². The Kier molecular flexibility index (Phi) is 10.9. The van der Waals surface area contributed by atoms with Crippen molar-refractivity contribution in [1.82, 2.24) is 25.4 Å². The molecule has 0 aliphatic heterocycles.